The zero-order valence-corrected chi connectivity index (χ0v) is 19.1. The van der Waals surface area contributed by atoms with Gasteiger partial charge < -0.3 is 10.0 Å². The summed E-state index contributed by atoms with van der Waals surface area (Å²) >= 11 is 0. The second-order valence-electron chi connectivity index (χ2n) is 10.4. The number of ketones is 1. The van der Waals surface area contributed by atoms with Crippen LogP contribution in [0.1, 0.15) is 67.9 Å². The number of likely N-dealkylation sites (tertiary alicyclic amines) is 1. The molecule has 0 aromatic heterocycles. The molecule has 1 aliphatic heterocycles. The number of aliphatic hydroxyl groups is 1. The van der Waals surface area contributed by atoms with Gasteiger partial charge in [-0.2, -0.15) is 0 Å². The van der Waals surface area contributed by atoms with Gasteiger partial charge in [0.25, 0.3) is 5.91 Å². The topological polar surface area (TPSA) is 57.6 Å². The number of carbonyl (C=O) groups excluding carboxylic acids is 2. The van der Waals surface area contributed by atoms with Crippen molar-refractivity contribution < 1.29 is 14.7 Å². The van der Waals surface area contributed by atoms with Crippen LogP contribution in [0.25, 0.3) is 11.1 Å². The Labute approximate surface area is 185 Å². The first-order valence-electron chi connectivity index (χ1n) is 11.4. The molecule has 1 aliphatic carbocycles. The van der Waals surface area contributed by atoms with Crippen molar-refractivity contribution in [2.75, 3.05) is 13.1 Å². The molecule has 0 spiro atoms. The van der Waals surface area contributed by atoms with E-state index in [0.29, 0.717) is 44.3 Å². The molecular formula is C27H33NO3. The lowest BCUT2D eigenvalue weighted by Crippen LogP contribution is -2.42. The Balaban J connectivity index is 1.44. The van der Waals surface area contributed by atoms with Crippen LogP contribution >= 0.6 is 0 Å². The van der Waals surface area contributed by atoms with Gasteiger partial charge in [0.05, 0.1) is 0 Å². The molecule has 4 heteroatoms. The van der Waals surface area contributed by atoms with Crippen LogP contribution in [0.4, 0.5) is 0 Å². The number of benzene rings is 2. The van der Waals surface area contributed by atoms with Gasteiger partial charge in [0.1, 0.15) is 5.60 Å². The number of hydrogen-bond acceptors (Lipinski definition) is 3. The van der Waals surface area contributed by atoms with Crippen LogP contribution in [0.3, 0.4) is 0 Å². The Kier molecular flexibility index (Phi) is 5.55. The molecule has 1 amide bonds. The zero-order chi connectivity index (χ0) is 22.4. The molecule has 4 rings (SSSR count). The highest BCUT2D eigenvalue weighted by atomic mass is 16.3. The van der Waals surface area contributed by atoms with Crippen molar-refractivity contribution in [2.45, 2.75) is 64.4 Å². The third-order valence-electron chi connectivity index (χ3n) is 6.74. The SMILES string of the molecule is Cc1cc(-c2ccc(C(=O)N3CCC(C(=O)C4(O)CC4)CC3)cc2)cc(C(C)(C)C)c1. The lowest BCUT2D eigenvalue weighted by molar-refractivity contribution is -0.134. The van der Waals surface area contributed by atoms with Gasteiger partial charge in [-0.3, -0.25) is 9.59 Å². The lowest BCUT2D eigenvalue weighted by Gasteiger charge is -2.32. The summed E-state index contributed by atoms with van der Waals surface area (Å²) in [4.78, 5) is 27.2. The highest BCUT2D eigenvalue weighted by molar-refractivity contribution is 5.95. The van der Waals surface area contributed by atoms with Gasteiger partial charge in [0.15, 0.2) is 5.78 Å². The Morgan fingerprint density at radius 1 is 0.968 bits per heavy atom. The Bertz CT molecular complexity index is 988. The smallest absolute Gasteiger partial charge is 0.253 e. The number of aryl methyl sites for hydroxylation is 1. The van der Waals surface area contributed by atoms with Crippen LogP contribution in [-0.2, 0) is 10.2 Å². The molecule has 2 fully saturated rings. The quantitative estimate of drug-likeness (QED) is 0.766. The highest BCUT2D eigenvalue weighted by Crippen LogP contribution is 2.40. The normalized spacial score (nSPS) is 18.7. The van der Waals surface area contributed by atoms with Crippen LogP contribution in [0.15, 0.2) is 42.5 Å². The standard InChI is InChI=1S/C27H33NO3/c1-18-15-22(17-23(16-18)26(2,3)4)19-5-7-21(8-6-19)25(30)28-13-9-20(10-14-28)24(29)27(31)11-12-27/h5-8,15-17,20,31H,9-14H2,1-4H3. The highest BCUT2D eigenvalue weighted by Gasteiger charge is 2.50. The number of rotatable bonds is 4. The molecular weight excluding hydrogens is 386 g/mol. The van der Waals surface area contributed by atoms with Gasteiger partial charge in [-0.25, -0.2) is 0 Å². The number of nitrogens with zero attached hydrogens (tertiary/aromatic N) is 1. The molecule has 164 valence electrons. The maximum absolute atomic E-state index is 13.0. The summed E-state index contributed by atoms with van der Waals surface area (Å²) in [5, 5.41) is 10.1. The monoisotopic (exact) mass is 419 g/mol. The van der Waals surface area contributed by atoms with Gasteiger partial charge in [-0.1, -0.05) is 56.7 Å². The minimum atomic E-state index is -1.06. The van der Waals surface area contributed by atoms with E-state index in [9.17, 15) is 14.7 Å². The lowest BCUT2D eigenvalue weighted by atomic mass is 9.84. The van der Waals surface area contributed by atoms with Gasteiger partial charge in [-0.15, -0.1) is 0 Å². The van der Waals surface area contributed by atoms with E-state index >= 15 is 0 Å². The summed E-state index contributed by atoms with van der Waals surface area (Å²) in [5.74, 6) is -0.115. The average molecular weight is 420 g/mol. The summed E-state index contributed by atoms with van der Waals surface area (Å²) in [6.07, 6.45) is 2.47. The van der Waals surface area contributed by atoms with Crippen molar-refractivity contribution in [2.24, 2.45) is 5.92 Å². The van der Waals surface area contributed by atoms with Gasteiger partial charge in [-0.05, 0) is 66.8 Å². The van der Waals surface area contributed by atoms with E-state index in [1.165, 1.54) is 16.7 Å². The molecule has 0 bridgehead atoms. The minimum Gasteiger partial charge on any atom is -0.382 e. The zero-order valence-electron chi connectivity index (χ0n) is 19.1. The van der Waals surface area contributed by atoms with Crippen molar-refractivity contribution in [1.82, 2.24) is 4.90 Å². The molecule has 1 saturated heterocycles. The third-order valence-corrected chi connectivity index (χ3v) is 6.74. The number of Topliss-reactive ketones (excluding diaryl/α,β-unsaturated/α-hetero) is 1. The van der Waals surface area contributed by atoms with E-state index in [1.807, 2.05) is 29.2 Å². The van der Waals surface area contributed by atoms with E-state index in [0.717, 1.165) is 5.56 Å². The van der Waals surface area contributed by atoms with Crippen LogP contribution in [0.2, 0.25) is 0 Å². The van der Waals surface area contributed by atoms with Crippen LogP contribution in [0.5, 0.6) is 0 Å². The summed E-state index contributed by atoms with van der Waals surface area (Å²) < 4.78 is 0. The van der Waals surface area contributed by atoms with Crippen molar-refractivity contribution in [1.29, 1.82) is 0 Å². The molecule has 0 radical (unpaired) electrons. The molecule has 1 heterocycles. The summed E-state index contributed by atoms with van der Waals surface area (Å²) in [5.41, 5.74) is 4.51. The van der Waals surface area contributed by atoms with Crippen LogP contribution < -0.4 is 0 Å². The Morgan fingerprint density at radius 2 is 1.58 bits per heavy atom. The van der Waals surface area contributed by atoms with E-state index in [4.69, 9.17) is 0 Å². The number of carbonyl (C=O) groups is 2. The molecule has 2 aromatic rings. The van der Waals surface area contributed by atoms with Gasteiger partial charge in [0.2, 0.25) is 0 Å². The average Bonchev–Trinajstić information content (AvgIpc) is 3.50. The summed E-state index contributed by atoms with van der Waals surface area (Å²) in [6, 6.07) is 14.5. The van der Waals surface area contributed by atoms with Gasteiger partial charge in [0, 0.05) is 24.6 Å². The minimum absolute atomic E-state index is 0.0159. The summed E-state index contributed by atoms with van der Waals surface area (Å²) in [6.45, 7) is 9.91. The Morgan fingerprint density at radius 3 is 2.13 bits per heavy atom. The maximum atomic E-state index is 13.0. The van der Waals surface area contributed by atoms with Crippen molar-refractivity contribution in [3.8, 4) is 11.1 Å². The number of amides is 1. The largest absolute Gasteiger partial charge is 0.382 e. The van der Waals surface area contributed by atoms with Crippen molar-refractivity contribution in [3.05, 3.63) is 59.2 Å². The third kappa shape index (κ3) is 4.59. The molecule has 0 unspecified atom stereocenters. The van der Waals surface area contributed by atoms with E-state index in [2.05, 4.69) is 45.9 Å². The fourth-order valence-electron chi connectivity index (χ4n) is 4.46. The predicted molar refractivity (Wildman–Crippen MR) is 123 cm³/mol. The van der Waals surface area contributed by atoms with Crippen molar-refractivity contribution >= 4 is 11.7 Å². The fraction of sp³-hybridized carbons (Fsp3) is 0.481. The first-order chi connectivity index (χ1) is 14.6. The first kappa shape index (κ1) is 21.8. The predicted octanol–water partition coefficient (Wildman–Crippen LogP) is 4.91. The first-order valence-corrected chi connectivity index (χ1v) is 11.4. The molecule has 31 heavy (non-hydrogen) atoms. The Hall–Kier alpha value is -2.46. The van der Waals surface area contributed by atoms with Crippen molar-refractivity contribution in [3.63, 3.8) is 0 Å². The fourth-order valence-corrected chi connectivity index (χ4v) is 4.46. The maximum Gasteiger partial charge on any atom is 0.253 e. The molecule has 1 N–H and O–H groups in total. The second-order valence-corrected chi connectivity index (χ2v) is 10.4. The molecule has 2 aromatic carbocycles. The molecule has 4 nitrogen and oxygen atoms in total. The van der Waals surface area contributed by atoms with Crippen LogP contribution in [-0.4, -0.2) is 40.4 Å². The molecule has 0 atom stereocenters. The number of piperidine rings is 1. The molecule has 1 saturated carbocycles. The van der Waals surface area contributed by atoms with Crippen LogP contribution in [0, 0.1) is 12.8 Å². The van der Waals surface area contributed by atoms with E-state index in [1.54, 1.807) is 0 Å². The second kappa shape index (κ2) is 7.90. The van der Waals surface area contributed by atoms with Gasteiger partial charge >= 0.3 is 0 Å². The van der Waals surface area contributed by atoms with E-state index in [-0.39, 0.29) is 23.0 Å². The summed E-state index contributed by atoms with van der Waals surface area (Å²) in [7, 11) is 0. The number of hydrogen-bond donors (Lipinski definition) is 1. The molecule has 2 aliphatic rings. The van der Waals surface area contributed by atoms with E-state index < -0.39 is 5.60 Å².